The number of benzene rings is 2. The van der Waals surface area contributed by atoms with E-state index in [-0.39, 0.29) is 18.5 Å². The highest BCUT2D eigenvalue weighted by Gasteiger charge is 2.30. The summed E-state index contributed by atoms with van der Waals surface area (Å²) in [6.45, 7) is 4.95. The quantitative estimate of drug-likeness (QED) is 0.460. The van der Waals surface area contributed by atoms with Crippen molar-refractivity contribution in [2.45, 2.75) is 45.8 Å². The minimum Gasteiger partial charge on any atom is -0.497 e. The molecular formula is C24H31Cl2N3O5S. The predicted molar refractivity (Wildman–Crippen MR) is 140 cm³/mol. The highest BCUT2D eigenvalue weighted by molar-refractivity contribution is 7.92. The van der Waals surface area contributed by atoms with E-state index in [1.165, 1.54) is 12.0 Å². The Morgan fingerprint density at radius 1 is 1.06 bits per heavy atom. The zero-order valence-corrected chi connectivity index (χ0v) is 22.7. The average molecular weight is 545 g/mol. The van der Waals surface area contributed by atoms with Crippen molar-refractivity contribution >= 4 is 50.7 Å². The van der Waals surface area contributed by atoms with Crippen LogP contribution < -0.4 is 14.4 Å². The fraction of sp³-hybridized carbons (Fsp3) is 0.417. The van der Waals surface area contributed by atoms with Crippen LogP contribution in [0.4, 0.5) is 5.69 Å². The Bertz CT molecular complexity index is 1140. The maximum absolute atomic E-state index is 13.5. The summed E-state index contributed by atoms with van der Waals surface area (Å²) >= 11 is 12.2. The third kappa shape index (κ3) is 8.02. The van der Waals surface area contributed by atoms with E-state index in [4.69, 9.17) is 27.9 Å². The molecule has 0 aliphatic rings. The van der Waals surface area contributed by atoms with Crippen LogP contribution >= 0.6 is 23.2 Å². The van der Waals surface area contributed by atoms with E-state index < -0.39 is 28.5 Å². The second kappa shape index (κ2) is 12.5. The molecule has 2 aromatic rings. The lowest BCUT2D eigenvalue weighted by atomic mass is 10.1. The Balaban J connectivity index is 2.40. The molecule has 0 fully saturated rings. The Morgan fingerprint density at radius 2 is 1.69 bits per heavy atom. The first kappa shape index (κ1) is 28.7. The van der Waals surface area contributed by atoms with Crippen molar-refractivity contribution in [2.75, 3.05) is 24.2 Å². The van der Waals surface area contributed by atoms with E-state index in [1.54, 1.807) is 49.4 Å². The highest BCUT2D eigenvalue weighted by Crippen LogP contribution is 2.25. The van der Waals surface area contributed by atoms with Gasteiger partial charge in [0.2, 0.25) is 21.8 Å². The molecule has 2 amide bonds. The number of sulfonamides is 1. The fourth-order valence-corrected chi connectivity index (χ4v) is 4.42. The zero-order valence-electron chi connectivity index (χ0n) is 20.4. The van der Waals surface area contributed by atoms with Gasteiger partial charge in [0.15, 0.2) is 0 Å². The van der Waals surface area contributed by atoms with Crippen molar-refractivity contribution in [1.82, 2.24) is 10.2 Å². The van der Waals surface area contributed by atoms with Crippen LogP contribution in [0.3, 0.4) is 0 Å². The van der Waals surface area contributed by atoms with Gasteiger partial charge < -0.3 is 15.0 Å². The van der Waals surface area contributed by atoms with Crippen molar-refractivity contribution in [2.24, 2.45) is 0 Å². The van der Waals surface area contributed by atoms with E-state index in [9.17, 15) is 18.0 Å². The van der Waals surface area contributed by atoms with Gasteiger partial charge in [0, 0.05) is 12.6 Å². The summed E-state index contributed by atoms with van der Waals surface area (Å²) in [5.74, 6) is -0.350. The molecule has 2 aromatic carbocycles. The lowest BCUT2D eigenvalue weighted by molar-refractivity contribution is -0.139. The van der Waals surface area contributed by atoms with Gasteiger partial charge >= 0.3 is 0 Å². The van der Waals surface area contributed by atoms with Gasteiger partial charge in [0.05, 0.1) is 29.1 Å². The molecule has 35 heavy (non-hydrogen) atoms. The van der Waals surface area contributed by atoms with Crippen LogP contribution in [0.25, 0.3) is 0 Å². The third-order valence-corrected chi connectivity index (χ3v) is 7.42. The SMILES string of the molecule is CC[C@H](C)NC(=O)[C@H](C)N(Cc1ccc(Cl)c(Cl)c1)C(=O)CN(c1ccc(OC)cc1)S(C)(=O)=O. The van der Waals surface area contributed by atoms with Crippen LogP contribution in [0.1, 0.15) is 32.8 Å². The number of ether oxygens (including phenoxy) is 1. The lowest BCUT2D eigenvalue weighted by Gasteiger charge is -2.32. The van der Waals surface area contributed by atoms with Crippen molar-refractivity contribution in [3.05, 3.63) is 58.1 Å². The maximum Gasteiger partial charge on any atom is 0.244 e. The summed E-state index contributed by atoms with van der Waals surface area (Å²) in [7, 11) is -2.31. The first-order valence-electron chi connectivity index (χ1n) is 11.0. The van der Waals surface area contributed by atoms with Gasteiger partial charge in [-0.05, 0) is 62.2 Å². The lowest BCUT2D eigenvalue weighted by Crippen LogP contribution is -2.52. The molecule has 0 aromatic heterocycles. The van der Waals surface area contributed by atoms with Crippen LogP contribution in [-0.4, -0.2) is 57.1 Å². The van der Waals surface area contributed by atoms with Crippen LogP contribution in [0.15, 0.2) is 42.5 Å². The van der Waals surface area contributed by atoms with E-state index in [1.807, 2.05) is 13.8 Å². The molecule has 0 saturated carbocycles. The summed E-state index contributed by atoms with van der Waals surface area (Å²) in [5, 5.41) is 3.54. The molecule has 0 bridgehead atoms. The molecular weight excluding hydrogens is 513 g/mol. The van der Waals surface area contributed by atoms with Crippen molar-refractivity contribution in [3.63, 3.8) is 0 Å². The number of hydrogen-bond donors (Lipinski definition) is 1. The molecule has 0 heterocycles. The zero-order chi connectivity index (χ0) is 26.3. The van der Waals surface area contributed by atoms with Gasteiger partial charge in [0.25, 0.3) is 0 Å². The van der Waals surface area contributed by atoms with Gasteiger partial charge in [-0.25, -0.2) is 8.42 Å². The first-order valence-corrected chi connectivity index (χ1v) is 13.6. The monoisotopic (exact) mass is 543 g/mol. The summed E-state index contributed by atoms with van der Waals surface area (Å²) in [6, 6.07) is 10.3. The number of carbonyl (C=O) groups excluding carboxylic acids is 2. The first-order chi connectivity index (χ1) is 16.4. The molecule has 2 rings (SSSR count). The molecule has 0 saturated heterocycles. The summed E-state index contributed by atoms with van der Waals surface area (Å²) in [4.78, 5) is 27.7. The smallest absolute Gasteiger partial charge is 0.244 e. The second-order valence-electron chi connectivity index (χ2n) is 8.23. The van der Waals surface area contributed by atoms with Gasteiger partial charge in [-0.3, -0.25) is 13.9 Å². The summed E-state index contributed by atoms with van der Waals surface area (Å²) in [6.07, 6.45) is 1.74. The third-order valence-electron chi connectivity index (χ3n) is 5.54. The number of amides is 2. The average Bonchev–Trinajstić information content (AvgIpc) is 2.81. The molecule has 0 unspecified atom stereocenters. The summed E-state index contributed by atoms with van der Waals surface area (Å²) in [5.41, 5.74) is 0.944. The molecule has 8 nitrogen and oxygen atoms in total. The second-order valence-corrected chi connectivity index (χ2v) is 11.0. The summed E-state index contributed by atoms with van der Waals surface area (Å²) < 4.78 is 31.3. The Hall–Kier alpha value is -2.49. The molecule has 11 heteroatoms. The fourth-order valence-electron chi connectivity index (χ4n) is 3.25. The number of methoxy groups -OCH3 is 1. The van der Waals surface area contributed by atoms with Crippen molar-refractivity contribution in [3.8, 4) is 5.75 Å². The molecule has 1 N–H and O–H groups in total. The van der Waals surface area contributed by atoms with E-state index in [2.05, 4.69) is 5.32 Å². The van der Waals surface area contributed by atoms with Gasteiger partial charge in [-0.1, -0.05) is 36.2 Å². The van der Waals surface area contributed by atoms with Crippen LogP contribution in [0.2, 0.25) is 10.0 Å². The highest BCUT2D eigenvalue weighted by atomic mass is 35.5. The molecule has 0 radical (unpaired) electrons. The number of carbonyl (C=O) groups is 2. The Morgan fingerprint density at radius 3 is 2.20 bits per heavy atom. The van der Waals surface area contributed by atoms with E-state index >= 15 is 0 Å². The number of hydrogen-bond acceptors (Lipinski definition) is 5. The Labute approximate surface area is 217 Å². The van der Waals surface area contributed by atoms with E-state index in [0.29, 0.717) is 27.0 Å². The van der Waals surface area contributed by atoms with Crippen LogP contribution in [0, 0.1) is 0 Å². The largest absolute Gasteiger partial charge is 0.497 e. The Kier molecular flexibility index (Phi) is 10.2. The molecule has 0 aliphatic carbocycles. The minimum atomic E-state index is -3.81. The molecule has 0 aliphatic heterocycles. The van der Waals surface area contributed by atoms with Crippen LogP contribution in [-0.2, 0) is 26.2 Å². The van der Waals surface area contributed by atoms with Crippen molar-refractivity contribution in [1.29, 1.82) is 0 Å². The van der Waals surface area contributed by atoms with Crippen molar-refractivity contribution < 1.29 is 22.7 Å². The maximum atomic E-state index is 13.5. The molecule has 2 atom stereocenters. The minimum absolute atomic E-state index is 0.0328. The predicted octanol–water partition coefficient (Wildman–Crippen LogP) is 4.10. The molecule has 192 valence electrons. The number of halogens is 2. The van der Waals surface area contributed by atoms with Crippen LogP contribution in [0.5, 0.6) is 5.75 Å². The van der Waals surface area contributed by atoms with E-state index in [0.717, 1.165) is 17.0 Å². The topological polar surface area (TPSA) is 96.0 Å². The number of rotatable bonds is 11. The number of anilines is 1. The normalized spacial score (nSPS) is 13.0. The standard InChI is InChI=1S/C24H31Cl2N3O5S/c1-6-16(2)27-24(31)17(3)28(14-18-7-12-21(25)22(26)13-18)23(30)15-29(35(5,32)33)19-8-10-20(34-4)11-9-19/h7-13,16-17H,6,14-15H2,1-5H3,(H,27,31)/t16-,17-/m0/s1. The van der Waals surface area contributed by atoms with Gasteiger partial charge in [-0.2, -0.15) is 0 Å². The number of nitrogens with one attached hydrogen (secondary N) is 1. The number of nitrogens with zero attached hydrogens (tertiary/aromatic N) is 2. The van der Waals surface area contributed by atoms with Gasteiger partial charge in [0.1, 0.15) is 18.3 Å². The van der Waals surface area contributed by atoms with Gasteiger partial charge in [-0.15, -0.1) is 0 Å². The molecule has 0 spiro atoms.